The number of Topliss-reactive ketones (excluding diaryl/α,β-unsaturated/α-hetero) is 1. The van der Waals surface area contributed by atoms with Crippen molar-refractivity contribution in [1.82, 2.24) is 10.3 Å². The van der Waals surface area contributed by atoms with E-state index in [9.17, 15) is 25.5 Å². The number of rotatable bonds is 16. The molecule has 0 spiro atoms. The van der Waals surface area contributed by atoms with Crippen molar-refractivity contribution in [3.05, 3.63) is 148 Å². The van der Waals surface area contributed by atoms with E-state index < -0.39 is 29.5 Å². The fourth-order valence-corrected chi connectivity index (χ4v) is 9.65. The molecule has 1 fully saturated rings. The fraction of sp³-hybridized carbons (Fsp3) is 0.340. The predicted octanol–water partition coefficient (Wildman–Crippen LogP) is 7.46. The molecule has 10 heteroatoms. The number of H-pyrrole nitrogens is 1. The van der Waals surface area contributed by atoms with Gasteiger partial charge in [-0.25, -0.2) is 0 Å². The molecule has 1 heterocycles. The lowest BCUT2D eigenvalue weighted by Gasteiger charge is -2.46. The predicted molar refractivity (Wildman–Crippen MR) is 233 cm³/mol. The van der Waals surface area contributed by atoms with E-state index >= 15 is 4.79 Å². The van der Waals surface area contributed by atoms with Gasteiger partial charge < -0.3 is 45.3 Å². The van der Waals surface area contributed by atoms with Crippen molar-refractivity contribution in [2.24, 2.45) is 11.8 Å². The van der Waals surface area contributed by atoms with Crippen LogP contribution in [0.2, 0.25) is 0 Å². The number of benzene rings is 5. The van der Waals surface area contributed by atoms with Crippen LogP contribution in [0.3, 0.4) is 0 Å². The van der Waals surface area contributed by atoms with Crippen molar-refractivity contribution < 1.29 is 39.8 Å². The quantitative estimate of drug-likeness (QED) is 0.0526. The third kappa shape index (κ3) is 8.32. The van der Waals surface area contributed by atoms with E-state index in [0.717, 1.165) is 45.0 Å². The van der Waals surface area contributed by atoms with Crippen LogP contribution in [-0.2, 0) is 48.9 Å². The minimum absolute atomic E-state index is 0.0214. The summed E-state index contributed by atoms with van der Waals surface area (Å²) >= 11 is 0. The molecule has 0 radical (unpaired) electrons. The lowest BCUT2D eigenvalue weighted by molar-refractivity contribution is -0.144. The molecule has 5 atom stereocenters. The number of aromatic amines is 1. The van der Waals surface area contributed by atoms with Crippen LogP contribution < -0.4 is 14.8 Å². The molecule has 1 saturated carbocycles. The number of aromatic nitrogens is 1. The van der Waals surface area contributed by atoms with Crippen LogP contribution in [-0.4, -0.2) is 69.8 Å². The van der Waals surface area contributed by atoms with Gasteiger partial charge in [0.25, 0.3) is 0 Å². The molecular weight excluding hydrogens is 757 g/mol. The van der Waals surface area contributed by atoms with E-state index in [-0.39, 0.29) is 48.0 Å². The maximum absolute atomic E-state index is 15.6. The molecule has 60 heavy (non-hydrogen) atoms. The maximum atomic E-state index is 15.6. The number of nitrogens with one attached hydrogen (secondary N) is 2. The summed E-state index contributed by atoms with van der Waals surface area (Å²) in [6, 6.07) is 27.9. The molecule has 1 aromatic heterocycles. The van der Waals surface area contributed by atoms with Gasteiger partial charge in [-0.1, -0.05) is 61.5 Å². The van der Waals surface area contributed by atoms with Crippen LogP contribution in [0.25, 0.3) is 10.8 Å². The zero-order valence-electron chi connectivity index (χ0n) is 34.7. The van der Waals surface area contributed by atoms with E-state index in [0.29, 0.717) is 42.7 Å². The first kappa shape index (κ1) is 42.3. The minimum atomic E-state index is -1.57. The second-order valence-corrected chi connectivity index (χ2v) is 16.2. The zero-order chi connectivity index (χ0) is 42.6. The van der Waals surface area contributed by atoms with Gasteiger partial charge in [0.2, 0.25) is 0 Å². The molecule has 5 unspecified atom stereocenters. The standard InChI is InChI=1S/C50H56N2O8/c1-5-33-11-12-34-8-6-7-9-39(34)41(33)26-42-35(13-16-44(55)48(42)60-4)24-36(20-31-18-19-52-29-31)47(57)40-14-17-46(56)50(49(40)58,27-30-10-15-43(54)45(23-30)59-3)37-21-32(28-51-2)22-38(53)25-37/h6-13,15-16,18-19,21-23,25,29,36,40,46-47,51-57H,5,14,17,20,24,26-28H2,1-4H3. The third-order valence-corrected chi connectivity index (χ3v) is 12.6. The summed E-state index contributed by atoms with van der Waals surface area (Å²) in [5.41, 5.74) is 5.23. The second-order valence-electron chi connectivity index (χ2n) is 16.2. The molecule has 0 bridgehead atoms. The molecular formula is C50H56N2O8. The highest BCUT2D eigenvalue weighted by Gasteiger charge is 2.54. The number of ketones is 1. The highest BCUT2D eigenvalue weighted by atomic mass is 16.5. The maximum Gasteiger partial charge on any atom is 0.164 e. The number of carbonyl (C=O) groups excluding carboxylic acids is 1. The summed E-state index contributed by atoms with van der Waals surface area (Å²) in [6.45, 7) is 2.54. The summed E-state index contributed by atoms with van der Waals surface area (Å²) in [7, 11) is 4.79. The van der Waals surface area contributed by atoms with Gasteiger partial charge in [-0.2, -0.15) is 0 Å². The number of fused-ring (bicyclic) bond motifs is 1. The number of aliphatic hydroxyl groups is 2. The van der Waals surface area contributed by atoms with E-state index in [1.807, 2.05) is 42.7 Å². The van der Waals surface area contributed by atoms with E-state index in [4.69, 9.17) is 9.47 Å². The number of aliphatic hydroxyl groups excluding tert-OH is 2. The van der Waals surface area contributed by atoms with Gasteiger partial charge in [-0.05, 0) is 138 Å². The van der Waals surface area contributed by atoms with Crippen LogP contribution in [0.1, 0.15) is 64.3 Å². The van der Waals surface area contributed by atoms with Crippen molar-refractivity contribution >= 4 is 16.6 Å². The number of hydrogen-bond acceptors (Lipinski definition) is 9. The Morgan fingerprint density at radius 1 is 0.833 bits per heavy atom. The van der Waals surface area contributed by atoms with Crippen molar-refractivity contribution in [2.45, 2.75) is 76.0 Å². The molecule has 6 aromatic rings. The Bertz CT molecular complexity index is 2450. The Hall–Kier alpha value is -5.81. The molecule has 5 aromatic carbocycles. The fourth-order valence-electron chi connectivity index (χ4n) is 9.65. The smallest absolute Gasteiger partial charge is 0.164 e. The number of aromatic hydroxyl groups is 3. The van der Waals surface area contributed by atoms with Gasteiger partial charge in [0.1, 0.15) is 5.75 Å². The van der Waals surface area contributed by atoms with Crippen LogP contribution >= 0.6 is 0 Å². The van der Waals surface area contributed by atoms with Gasteiger partial charge in [-0.3, -0.25) is 4.79 Å². The van der Waals surface area contributed by atoms with E-state index in [1.165, 1.54) is 24.8 Å². The van der Waals surface area contributed by atoms with Gasteiger partial charge >= 0.3 is 0 Å². The van der Waals surface area contributed by atoms with Gasteiger partial charge in [0, 0.05) is 36.8 Å². The average Bonchev–Trinajstić information content (AvgIpc) is 3.77. The van der Waals surface area contributed by atoms with Crippen LogP contribution in [0, 0.1) is 11.8 Å². The number of hydrogen-bond donors (Lipinski definition) is 7. The Kier molecular flexibility index (Phi) is 12.8. The number of ether oxygens (including phenoxy) is 2. The lowest BCUT2D eigenvalue weighted by atomic mass is 9.58. The monoisotopic (exact) mass is 812 g/mol. The summed E-state index contributed by atoms with van der Waals surface area (Å²) < 4.78 is 11.3. The first-order chi connectivity index (χ1) is 29.0. The highest BCUT2D eigenvalue weighted by molar-refractivity contribution is 5.95. The van der Waals surface area contributed by atoms with Crippen molar-refractivity contribution in [1.29, 1.82) is 0 Å². The average molecular weight is 813 g/mol. The van der Waals surface area contributed by atoms with Crippen LogP contribution in [0.15, 0.2) is 103 Å². The van der Waals surface area contributed by atoms with Gasteiger partial charge in [0.05, 0.1) is 31.8 Å². The molecule has 0 saturated heterocycles. The number of phenols is 3. The molecule has 1 aliphatic rings. The molecule has 0 aliphatic heterocycles. The Morgan fingerprint density at radius 3 is 2.35 bits per heavy atom. The molecule has 7 rings (SSSR count). The van der Waals surface area contributed by atoms with E-state index in [1.54, 1.807) is 38.4 Å². The van der Waals surface area contributed by atoms with Gasteiger partial charge in [0.15, 0.2) is 28.8 Å². The Morgan fingerprint density at radius 2 is 1.62 bits per heavy atom. The van der Waals surface area contributed by atoms with Crippen molar-refractivity contribution in [2.75, 3.05) is 21.3 Å². The molecule has 314 valence electrons. The first-order valence-corrected chi connectivity index (χ1v) is 20.7. The minimum Gasteiger partial charge on any atom is -0.508 e. The summed E-state index contributed by atoms with van der Waals surface area (Å²) in [5.74, 6) is -1.17. The lowest BCUT2D eigenvalue weighted by Crippen LogP contribution is -2.57. The van der Waals surface area contributed by atoms with Crippen molar-refractivity contribution in [3.8, 4) is 28.7 Å². The normalized spacial score (nSPS) is 19.0. The highest BCUT2D eigenvalue weighted by Crippen LogP contribution is 2.47. The number of phenolic OH excluding ortho intramolecular Hbond substituents is 3. The molecule has 7 N–H and O–H groups in total. The largest absolute Gasteiger partial charge is 0.508 e. The number of methoxy groups -OCH3 is 2. The molecule has 0 amide bonds. The Balaban J connectivity index is 1.33. The third-order valence-electron chi connectivity index (χ3n) is 12.6. The van der Waals surface area contributed by atoms with Crippen LogP contribution in [0.5, 0.6) is 28.7 Å². The second kappa shape index (κ2) is 18.2. The van der Waals surface area contributed by atoms with E-state index in [2.05, 4.69) is 41.5 Å². The Labute approximate surface area is 351 Å². The zero-order valence-corrected chi connectivity index (χ0v) is 34.7. The SMILES string of the molecule is CCc1ccc2ccccc2c1Cc1c(CC(Cc2cc[nH]c2)C(O)C2CCC(O)C(Cc3ccc(O)c(OC)c3)(c3cc(O)cc(CNC)c3)C2=O)ccc(O)c1OC. The van der Waals surface area contributed by atoms with Gasteiger partial charge in [-0.15, -0.1) is 0 Å². The number of aryl methyl sites for hydroxylation is 1. The molecule has 1 aliphatic carbocycles. The molecule has 10 nitrogen and oxygen atoms in total. The summed E-state index contributed by atoms with van der Waals surface area (Å²) in [5, 5.41) is 62.9. The summed E-state index contributed by atoms with van der Waals surface area (Å²) in [4.78, 5) is 18.7. The van der Waals surface area contributed by atoms with Crippen molar-refractivity contribution in [3.63, 3.8) is 0 Å². The number of carbonyl (C=O) groups is 1. The first-order valence-electron chi connectivity index (χ1n) is 20.7. The summed E-state index contributed by atoms with van der Waals surface area (Å²) in [6.07, 6.45) is 4.01. The topological polar surface area (TPSA) is 164 Å². The van der Waals surface area contributed by atoms with Crippen LogP contribution in [0.4, 0.5) is 0 Å².